The van der Waals surface area contributed by atoms with Crippen LogP contribution >= 0.6 is 11.6 Å². The maximum Gasteiger partial charge on any atom is 0.288 e. The van der Waals surface area contributed by atoms with Gasteiger partial charge in [0.1, 0.15) is 5.02 Å². The van der Waals surface area contributed by atoms with Gasteiger partial charge in [-0.2, -0.15) is 0 Å². The molecule has 2 aromatic rings. The van der Waals surface area contributed by atoms with Crippen LogP contribution in [0.5, 0.6) is 0 Å². The van der Waals surface area contributed by atoms with Crippen molar-refractivity contribution in [2.24, 2.45) is 0 Å². The number of nitrogens with zero attached hydrogens (tertiary/aromatic N) is 1. The molecule has 0 radical (unpaired) electrons. The van der Waals surface area contributed by atoms with Crippen LogP contribution < -0.4 is 0 Å². The van der Waals surface area contributed by atoms with Crippen molar-refractivity contribution in [3.8, 4) is 0 Å². The highest BCUT2D eigenvalue weighted by molar-refractivity contribution is 6.32. The number of nitro benzene ring substituents is 1. The summed E-state index contributed by atoms with van der Waals surface area (Å²) in [7, 11) is 0. The number of hydrogen-bond acceptors (Lipinski definition) is 2. The van der Waals surface area contributed by atoms with E-state index in [2.05, 4.69) is 0 Å². The summed E-state index contributed by atoms with van der Waals surface area (Å²) in [6, 6.07) is 14.6. The van der Waals surface area contributed by atoms with Crippen molar-refractivity contribution in [3.05, 3.63) is 86.9 Å². The topological polar surface area (TPSA) is 43.1 Å². The molecule has 0 saturated carbocycles. The fourth-order valence-electron chi connectivity index (χ4n) is 1.67. The molecule has 2 rings (SSSR count). The molecule has 0 fully saturated rings. The summed E-state index contributed by atoms with van der Waals surface area (Å²) in [6.07, 6.45) is 7.47. The molecular formula is C16H12ClNO2. The second kappa shape index (κ2) is 6.68. The Labute approximate surface area is 122 Å². The van der Waals surface area contributed by atoms with Gasteiger partial charge in [0.15, 0.2) is 0 Å². The number of nitro groups is 1. The van der Waals surface area contributed by atoms with Crippen molar-refractivity contribution in [2.45, 2.75) is 0 Å². The van der Waals surface area contributed by atoms with Crippen LogP contribution in [-0.4, -0.2) is 4.92 Å². The van der Waals surface area contributed by atoms with E-state index < -0.39 is 4.92 Å². The van der Waals surface area contributed by atoms with E-state index in [0.717, 1.165) is 11.1 Å². The van der Waals surface area contributed by atoms with Crippen LogP contribution in [0.25, 0.3) is 12.2 Å². The normalized spacial score (nSPS) is 11.2. The number of allylic oxidation sites excluding steroid dienone is 2. The van der Waals surface area contributed by atoms with Gasteiger partial charge < -0.3 is 0 Å². The molecule has 0 unspecified atom stereocenters. The van der Waals surface area contributed by atoms with Crippen LogP contribution in [0.2, 0.25) is 5.02 Å². The van der Waals surface area contributed by atoms with E-state index in [1.54, 1.807) is 12.1 Å². The van der Waals surface area contributed by atoms with Gasteiger partial charge in [0.25, 0.3) is 5.69 Å². The summed E-state index contributed by atoms with van der Waals surface area (Å²) in [5.74, 6) is 0. The fourth-order valence-corrected chi connectivity index (χ4v) is 1.86. The predicted molar refractivity (Wildman–Crippen MR) is 82.6 cm³/mol. The van der Waals surface area contributed by atoms with Crippen molar-refractivity contribution in [3.63, 3.8) is 0 Å². The van der Waals surface area contributed by atoms with Crippen LogP contribution in [0, 0.1) is 10.1 Å². The molecule has 0 saturated heterocycles. The fraction of sp³-hybridized carbons (Fsp3) is 0. The Balaban J connectivity index is 2.10. The Morgan fingerprint density at radius 1 is 0.950 bits per heavy atom. The van der Waals surface area contributed by atoms with Crippen molar-refractivity contribution in [1.29, 1.82) is 0 Å². The molecule has 20 heavy (non-hydrogen) atoms. The molecule has 0 aliphatic heterocycles. The minimum absolute atomic E-state index is 0.0825. The molecule has 0 spiro atoms. The number of hydrogen-bond donors (Lipinski definition) is 0. The van der Waals surface area contributed by atoms with Crippen molar-refractivity contribution in [2.75, 3.05) is 0 Å². The zero-order valence-corrected chi connectivity index (χ0v) is 11.3. The lowest BCUT2D eigenvalue weighted by atomic mass is 10.1. The third-order valence-corrected chi connectivity index (χ3v) is 2.97. The van der Waals surface area contributed by atoms with E-state index in [1.165, 1.54) is 12.1 Å². The van der Waals surface area contributed by atoms with Gasteiger partial charge in [0, 0.05) is 6.07 Å². The first-order chi connectivity index (χ1) is 9.66. The van der Waals surface area contributed by atoms with E-state index in [0.29, 0.717) is 0 Å². The molecule has 4 heteroatoms. The maximum absolute atomic E-state index is 10.8. The predicted octanol–water partition coefficient (Wildman–Crippen LogP) is 4.97. The highest BCUT2D eigenvalue weighted by Crippen LogP contribution is 2.25. The number of benzene rings is 2. The lowest BCUT2D eigenvalue weighted by Crippen LogP contribution is -1.89. The van der Waals surface area contributed by atoms with Crippen LogP contribution in [0.4, 0.5) is 5.69 Å². The number of rotatable bonds is 4. The summed E-state index contributed by atoms with van der Waals surface area (Å²) >= 11 is 5.75. The summed E-state index contributed by atoms with van der Waals surface area (Å²) in [6.45, 7) is 0. The second-order valence-electron chi connectivity index (χ2n) is 4.10. The Kier molecular flexibility index (Phi) is 4.69. The molecule has 0 aromatic heterocycles. The third kappa shape index (κ3) is 3.80. The lowest BCUT2D eigenvalue weighted by Gasteiger charge is -1.96. The molecule has 2 aromatic carbocycles. The van der Waals surface area contributed by atoms with Crippen molar-refractivity contribution in [1.82, 2.24) is 0 Å². The zero-order chi connectivity index (χ0) is 14.4. The minimum Gasteiger partial charge on any atom is -0.258 e. The largest absolute Gasteiger partial charge is 0.288 e. The van der Waals surface area contributed by atoms with E-state index in [1.807, 2.05) is 48.6 Å². The standard InChI is InChI=1S/C16H12ClNO2/c17-15-11-10-14(12-16(15)18(19)20)9-5-4-8-13-6-2-1-3-7-13/h1-12H/b8-4+,9-5+. The lowest BCUT2D eigenvalue weighted by molar-refractivity contribution is -0.384. The van der Waals surface area contributed by atoms with Crippen LogP contribution in [0.15, 0.2) is 60.7 Å². The smallest absolute Gasteiger partial charge is 0.258 e. The highest BCUT2D eigenvalue weighted by Gasteiger charge is 2.11. The molecule has 0 amide bonds. The van der Waals surface area contributed by atoms with Gasteiger partial charge in [-0.1, -0.05) is 72.3 Å². The van der Waals surface area contributed by atoms with Crippen LogP contribution in [0.3, 0.4) is 0 Å². The van der Waals surface area contributed by atoms with Gasteiger partial charge in [-0.05, 0) is 17.2 Å². The van der Waals surface area contributed by atoms with Gasteiger partial charge in [-0.15, -0.1) is 0 Å². The van der Waals surface area contributed by atoms with E-state index >= 15 is 0 Å². The minimum atomic E-state index is -0.487. The molecule has 0 bridgehead atoms. The average Bonchev–Trinajstić information content (AvgIpc) is 2.46. The molecule has 0 atom stereocenters. The van der Waals surface area contributed by atoms with Crippen LogP contribution in [0.1, 0.15) is 11.1 Å². The Bertz CT molecular complexity index is 663. The Hall–Kier alpha value is -2.39. The maximum atomic E-state index is 10.8. The molecule has 0 N–H and O–H groups in total. The summed E-state index contributed by atoms with van der Waals surface area (Å²) in [5, 5.41) is 10.9. The van der Waals surface area contributed by atoms with Gasteiger partial charge in [-0.25, -0.2) is 0 Å². The van der Waals surface area contributed by atoms with Crippen molar-refractivity contribution < 1.29 is 4.92 Å². The van der Waals surface area contributed by atoms with Gasteiger partial charge in [0.2, 0.25) is 0 Å². The average molecular weight is 286 g/mol. The monoisotopic (exact) mass is 285 g/mol. The summed E-state index contributed by atoms with van der Waals surface area (Å²) in [4.78, 5) is 10.3. The van der Waals surface area contributed by atoms with E-state index in [-0.39, 0.29) is 10.7 Å². The van der Waals surface area contributed by atoms with Gasteiger partial charge >= 0.3 is 0 Å². The molecule has 0 aliphatic rings. The SMILES string of the molecule is O=[N+]([O-])c1cc(/C=C/C=C/c2ccccc2)ccc1Cl. The number of halogens is 1. The molecule has 3 nitrogen and oxygen atoms in total. The quantitative estimate of drug-likeness (QED) is 0.452. The Morgan fingerprint density at radius 2 is 1.60 bits per heavy atom. The first kappa shape index (κ1) is 14.0. The molecule has 0 heterocycles. The molecular weight excluding hydrogens is 274 g/mol. The molecule has 100 valence electrons. The van der Waals surface area contributed by atoms with Gasteiger partial charge in [0.05, 0.1) is 4.92 Å². The first-order valence-electron chi connectivity index (χ1n) is 6.00. The molecule has 0 aliphatic carbocycles. The van der Waals surface area contributed by atoms with E-state index in [4.69, 9.17) is 11.6 Å². The van der Waals surface area contributed by atoms with E-state index in [9.17, 15) is 10.1 Å². The highest BCUT2D eigenvalue weighted by atomic mass is 35.5. The third-order valence-electron chi connectivity index (χ3n) is 2.65. The zero-order valence-electron chi connectivity index (χ0n) is 10.6. The van der Waals surface area contributed by atoms with Gasteiger partial charge in [-0.3, -0.25) is 10.1 Å². The summed E-state index contributed by atoms with van der Waals surface area (Å²) in [5.41, 5.74) is 1.75. The second-order valence-corrected chi connectivity index (χ2v) is 4.50. The Morgan fingerprint density at radius 3 is 2.25 bits per heavy atom. The van der Waals surface area contributed by atoms with Crippen molar-refractivity contribution >= 4 is 29.4 Å². The first-order valence-corrected chi connectivity index (χ1v) is 6.38. The summed E-state index contributed by atoms with van der Waals surface area (Å²) < 4.78 is 0. The van der Waals surface area contributed by atoms with Crippen LogP contribution in [-0.2, 0) is 0 Å².